The van der Waals surface area contributed by atoms with E-state index in [1.54, 1.807) is 30.3 Å². The van der Waals surface area contributed by atoms with Crippen LogP contribution in [0.1, 0.15) is 18.1 Å². The van der Waals surface area contributed by atoms with E-state index >= 15 is 0 Å². The second kappa shape index (κ2) is 9.32. The minimum Gasteiger partial charge on any atom is -0.490 e. The molecule has 3 amide bonds. The summed E-state index contributed by atoms with van der Waals surface area (Å²) in [5.74, 6) is -0.993. The van der Waals surface area contributed by atoms with Crippen LogP contribution in [0, 0.1) is 0 Å². The summed E-state index contributed by atoms with van der Waals surface area (Å²) >= 11 is 5.89. The highest BCUT2D eigenvalue weighted by atomic mass is 35.5. The molecule has 0 unspecified atom stereocenters. The average molecular weight is 431 g/mol. The summed E-state index contributed by atoms with van der Waals surface area (Å²) in [6.07, 6.45) is 1.45. The summed E-state index contributed by atoms with van der Waals surface area (Å²) in [5, 5.41) is 11.8. The van der Waals surface area contributed by atoms with Crippen LogP contribution in [0.5, 0.6) is 11.5 Å². The van der Waals surface area contributed by atoms with Gasteiger partial charge in [0.2, 0.25) is 0 Å². The van der Waals surface area contributed by atoms with Gasteiger partial charge in [0, 0.05) is 5.02 Å². The SMILES string of the molecule is CCOc1cc(/C=C2/NC(=O)N(CC(=O)O)C2=O)ccc1OCc1ccc(Cl)cc1. The number of carbonyl (C=O) groups excluding carboxylic acids is 2. The molecule has 0 saturated carbocycles. The number of aliphatic carboxylic acids is 1. The molecule has 0 aliphatic carbocycles. The molecule has 0 aromatic heterocycles. The predicted octanol–water partition coefficient (Wildman–Crippen LogP) is 3.30. The van der Waals surface area contributed by atoms with Crippen LogP contribution in [0.3, 0.4) is 0 Å². The number of nitrogens with one attached hydrogen (secondary N) is 1. The smallest absolute Gasteiger partial charge is 0.329 e. The van der Waals surface area contributed by atoms with Crippen LogP contribution in [0.25, 0.3) is 6.08 Å². The fraction of sp³-hybridized carbons (Fsp3) is 0.190. The lowest BCUT2D eigenvalue weighted by molar-refractivity contribution is -0.140. The first kappa shape index (κ1) is 21.2. The number of hydrogen-bond donors (Lipinski definition) is 2. The molecule has 1 aliphatic heterocycles. The Hall–Kier alpha value is -3.52. The van der Waals surface area contributed by atoms with E-state index in [1.165, 1.54) is 6.08 Å². The van der Waals surface area contributed by atoms with Gasteiger partial charge < -0.3 is 19.9 Å². The molecule has 0 radical (unpaired) electrons. The number of ether oxygens (including phenoxy) is 2. The number of urea groups is 1. The third-order valence-electron chi connectivity index (χ3n) is 4.14. The van der Waals surface area contributed by atoms with Crippen molar-refractivity contribution in [2.24, 2.45) is 0 Å². The molecule has 2 aromatic carbocycles. The molecule has 1 saturated heterocycles. The highest BCUT2D eigenvalue weighted by Gasteiger charge is 2.34. The molecule has 156 valence electrons. The number of halogens is 1. The molecule has 0 spiro atoms. The Morgan fingerprint density at radius 1 is 1.13 bits per heavy atom. The average Bonchev–Trinajstić information content (AvgIpc) is 2.96. The lowest BCUT2D eigenvalue weighted by Gasteiger charge is -2.13. The Bertz CT molecular complexity index is 1000. The van der Waals surface area contributed by atoms with Crippen molar-refractivity contribution >= 4 is 35.6 Å². The predicted molar refractivity (Wildman–Crippen MR) is 109 cm³/mol. The van der Waals surface area contributed by atoms with Crippen molar-refractivity contribution in [2.45, 2.75) is 13.5 Å². The highest BCUT2D eigenvalue weighted by Crippen LogP contribution is 2.30. The zero-order chi connectivity index (χ0) is 21.7. The summed E-state index contributed by atoms with van der Waals surface area (Å²) < 4.78 is 11.5. The number of carbonyl (C=O) groups is 3. The number of amides is 3. The Labute approximate surface area is 177 Å². The maximum absolute atomic E-state index is 12.3. The summed E-state index contributed by atoms with van der Waals surface area (Å²) in [6, 6.07) is 11.6. The van der Waals surface area contributed by atoms with Gasteiger partial charge in [-0.05, 0) is 48.4 Å². The minimum absolute atomic E-state index is 0.0152. The number of nitrogens with zero attached hydrogens (tertiary/aromatic N) is 1. The van der Waals surface area contributed by atoms with Crippen molar-refractivity contribution in [1.82, 2.24) is 10.2 Å². The molecule has 1 heterocycles. The molecule has 30 heavy (non-hydrogen) atoms. The van der Waals surface area contributed by atoms with Gasteiger partial charge in [-0.15, -0.1) is 0 Å². The second-order valence-corrected chi connectivity index (χ2v) is 6.76. The van der Waals surface area contributed by atoms with Crippen LogP contribution < -0.4 is 14.8 Å². The van der Waals surface area contributed by atoms with E-state index in [0.717, 1.165) is 5.56 Å². The lowest BCUT2D eigenvalue weighted by atomic mass is 10.1. The maximum Gasteiger partial charge on any atom is 0.329 e. The van der Waals surface area contributed by atoms with Crippen molar-refractivity contribution < 1.29 is 29.0 Å². The lowest BCUT2D eigenvalue weighted by Crippen LogP contribution is -2.35. The first-order chi connectivity index (χ1) is 14.4. The van der Waals surface area contributed by atoms with Crippen molar-refractivity contribution in [2.75, 3.05) is 13.2 Å². The van der Waals surface area contributed by atoms with E-state index in [4.69, 9.17) is 26.2 Å². The van der Waals surface area contributed by atoms with E-state index in [2.05, 4.69) is 5.32 Å². The van der Waals surface area contributed by atoms with Crippen LogP contribution >= 0.6 is 11.6 Å². The van der Waals surface area contributed by atoms with Crippen LogP contribution in [0.2, 0.25) is 5.02 Å². The maximum atomic E-state index is 12.3. The zero-order valence-electron chi connectivity index (χ0n) is 16.1. The number of benzene rings is 2. The number of hydrogen-bond acceptors (Lipinski definition) is 5. The number of rotatable bonds is 8. The minimum atomic E-state index is -1.28. The van der Waals surface area contributed by atoms with Gasteiger partial charge >= 0.3 is 12.0 Å². The molecule has 1 fully saturated rings. The number of imide groups is 1. The molecule has 0 bridgehead atoms. The summed E-state index contributed by atoms with van der Waals surface area (Å²) in [7, 11) is 0. The molecule has 9 heteroatoms. The molecular formula is C21H19ClN2O6. The van der Waals surface area contributed by atoms with Crippen molar-refractivity contribution in [3.63, 3.8) is 0 Å². The van der Waals surface area contributed by atoms with E-state index in [9.17, 15) is 14.4 Å². The Morgan fingerprint density at radius 2 is 1.87 bits per heavy atom. The van der Waals surface area contributed by atoms with Crippen LogP contribution in [-0.4, -0.2) is 41.1 Å². The largest absolute Gasteiger partial charge is 0.490 e. The van der Waals surface area contributed by atoms with Crippen molar-refractivity contribution in [1.29, 1.82) is 0 Å². The van der Waals surface area contributed by atoms with Gasteiger partial charge in [0.15, 0.2) is 11.5 Å². The summed E-state index contributed by atoms with van der Waals surface area (Å²) in [6.45, 7) is 1.85. The fourth-order valence-corrected chi connectivity index (χ4v) is 2.89. The van der Waals surface area contributed by atoms with Gasteiger partial charge in [-0.25, -0.2) is 9.69 Å². The third kappa shape index (κ3) is 5.09. The highest BCUT2D eigenvalue weighted by molar-refractivity contribution is 6.30. The van der Waals surface area contributed by atoms with Crippen LogP contribution in [0.4, 0.5) is 4.79 Å². The van der Waals surface area contributed by atoms with Crippen LogP contribution in [-0.2, 0) is 16.2 Å². The molecule has 8 nitrogen and oxygen atoms in total. The Kier molecular flexibility index (Phi) is 6.58. The van der Waals surface area contributed by atoms with Crippen molar-refractivity contribution in [3.05, 3.63) is 64.3 Å². The normalized spacial score (nSPS) is 14.7. The zero-order valence-corrected chi connectivity index (χ0v) is 16.8. The molecule has 1 aliphatic rings. The van der Waals surface area contributed by atoms with E-state index < -0.39 is 24.5 Å². The molecule has 3 rings (SSSR count). The Balaban J connectivity index is 1.78. The van der Waals surface area contributed by atoms with E-state index in [0.29, 0.717) is 40.2 Å². The monoisotopic (exact) mass is 430 g/mol. The first-order valence-corrected chi connectivity index (χ1v) is 9.45. The summed E-state index contributed by atoms with van der Waals surface area (Å²) in [4.78, 5) is 35.5. The number of carboxylic acid groups (broad SMARTS) is 1. The third-order valence-corrected chi connectivity index (χ3v) is 4.39. The standard InChI is InChI=1S/C21H19ClN2O6/c1-2-29-18-10-14(9-16-20(27)24(11-19(25)26)21(28)23-16)5-8-17(18)30-12-13-3-6-15(22)7-4-13/h3-10H,2,11-12H2,1H3,(H,23,28)(H,25,26)/b16-9+. The molecular weight excluding hydrogens is 412 g/mol. The van der Waals surface area contributed by atoms with E-state index in [1.807, 2.05) is 19.1 Å². The molecule has 2 aromatic rings. The molecule has 0 atom stereocenters. The van der Waals surface area contributed by atoms with Gasteiger partial charge in [-0.3, -0.25) is 9.59 Å². The van der Waals surface area contributed by atoms with Gasteiger partial charge in [0.05, 0.1) is 6.61 Å². The van der Waals surface area contributed by atoms with Gasteiger partial charge in [0.25, 0.3) is 5.91 Å². The van der Waals surface area contributed by atoms with Gasteiger partial charge in [0.1, 0.15) is 18.8 Å². The van der Waals surface area contributed by atoms with Crippen molar-refractivity contribution in [3.8, 4) is 11.5 Å². The van der Waals surface area contributed by atoms with Crippen LogP contribution in [0.15, 0.2) is 48.2 Å². The molecule has 2 N–H and O–H groups in total. The quantitative estimate of drug-likeness (QED) is 0.491. The summed E-state index contributed by atoms with van der Waals surface area (Å²) in [5.41, 5.74) is 1.50. The van der Waals surface area contributed by atoms with E-state index in [-0.39, 0.29) is 5.70 Å². The second-order valence-electron chi connectivity index (χ2n) is 6.33. The fourth-order valence-electron chi connectivity index (χ4n) is 2.76. The van der Waals surface area contributed by atoms with Gasteiger partial charge in [-0.1, -0.05) is 29.8 Å². The first-order valence-electron chi connectivity index (χ1n) is 9.07. The number of carboxylic acids is 1. The topological polar surface area (TPSA) is 105 Å². The Morgan fingerprint density at radius 3 is 2.53 bits per heavy atom. The van der Waals surface area contributed by atoms with Gasteiger partial charge in [-0.2, -0.15) is 0 Å².